The number of aromatic amines is 1. The van der Waals surface area contributed by atoms with Crippen molar-refractivity contribution in [3.05, 3.63) is 40.6 Å². The number of hydrogen-bond donors (Lipinski definition) is 2. The molecule has 0 spiro atoms. The van der Waals surface area contributed by atoms with Gasteiger partial charge in [0.2, 0.25) is 5.91 Å². The highest BCUT2D eigenvalue weighted by Gasteiger charge is 2.25. The lowest BCUT2D eigenvalue weighted by Crippen LogP contribution is -2.43. The topological polar surface area (TPSA) is 83.4 Å². The third kappa shape index (κ3) is 4.53. The highest BCUT2D eigenvalue weighted by atomic mass is 16.5. The van der Waals surface area contributed by atoms with Crippen molar-refractivity contribution < 1.29 is 13.9 Å². The zero-order chi connectivity index (χ0) is 18.5. The molecular weight excluding hydrogens is 332 g/mol. The largest absolute Gasteiger partial charge is 0.465 e. The van der Waals surface area contributed by atoms with Crippen LogP contribution < -0.4 is 5.32 Å². The Morgan fingerprint density at radius 1 is 1.31 bits per heavy atom. The summed E-state index contributed by atoms with van der Waals surface area (Å²) in [6, 6.07) is 4.00. The summed E-state index contributed by atoms with van der Waals surface area (Å²) in [5.41, 5.74) is 3.15. The second-order valence-electron chi connectivity index (χ2n) is 6.84. The Bertz CT molecular complexity index is 731. The van der Waals surface area contributed by atoms with Crippen molar-refractivity contribution in [1.82, 2.24) is 20.4 Å². The molecule has 2 N–H and O–H groups in total. The van der Waals surface area contributed by atoms with E-state index in [2.05, 4.69) is 20.4 Å². The third-order valence-corrected chi connectivity index (χ3v) is 5.01. The van der Waals surface area contributed by atoms with Gasteiger partial charge in [0.1, 0.15) is 11.5 Å². The molecule has 0 bridgehead atoms. The Morgan fingerprint density at radius 3 is 2.69 bits per heavy atom. The first-order valence-corrected chi connectivity index (χ1v) is 9.20. The number of carbonyl (C=O) groups is 1. The van der Waals surface area contributed by atoms with Crippen LogP contribution in [0.5, 0.6) is 0 Å². The van der Waals surface area contributed by atoms with Gasteiger partial charge in [0.15, 0.2) is 0 Å². The molecule has 2 aromatic rings. The van der Waals surface area contributed by atoms with Crippen molar-refractivity contribution in [3.63, 3.8) is 0 Å². The highest BCUT2D eigenvalue weighted by Crippen LogP contribution is 2.23. The lowest BCUT2D eigenvalue weighted by molar-refractivity contribution is -0.121. The summed E-state index contributed by atoms with van der Waals surface area (Å²) in [5.74, 6) is 1.81. The van der Waals surface area contributed by atoms with E-state index in [0.29, 0.717) is 32.6 Å². The van der Waals surface area contributed by atoms with Crippen LogP contribution in [0.25, 0.3) is 0 Å². The molecular formula is C19H28N4O3. The molecule has 1 fully saturated rings. The van der Waals surface area contributed by atoms with Gasteiger partial charge in [-0.1, -0.05) is 0 Å². The first-order chi connectivity index (χ1) is 12.5. The lowest BCUT2D eigenvalue weighted by atomic mass is 10.1. The van der Waals surface area contributed by atoms with E-state index in [1.54, 1.807) is 0 Å². The highest BCUT2D eigenvalue weighted by molar-refractivity contribution is 5.76. The minimum absolute atomic E-state index is 0.0333. The van der Waals surface area contributed by atoms with Gasteiger partial charge in [-0.05, 0) is 38.5 Å². The molecule has 7 nitrogen and oxygen atoms in total. The van der Waals surface area contributed by atoms with Gasteiger partial charge < -0.3 is 14.5 Å². The number of morpholine rings is 1. The van der Waals surface area contributed by atoms with Crippen molar-refractivity contribution in [2.24, 2.45) is 0 Å². The number of rotatable bonds is 7. The standard InChI is InChI=1S/C19H28N4O3/c1-13-4-6-18(26-13)17(23-8-10-25-11-9-23)12-20-19(24)7-5-16-14(2)15(3)21-22-16/h4,6,17H,5,7-12H2,1-3H3,(H,20,24)(H,21,22)/t17-/m0/s1. The number of aromatic nitrogens is 2. The number of H-pyrrole nitrogens is 1. The Hall–Kier alpha value is -2.12. The first-order valence-electron chi connectivity index (χ1n) is 9.20. The Labute approximate surface area is 154 Å². The van der Waals surface area contributed by atoms with Gasteiger partial charge in [-0.2, -0.15) is 5.10 Å². The second-order valence-corrected chi connectivity index (χ2v) is 6.84. The molecule has 0 aromatic carbocycles. The van der Waals surface area contributed by atoms with Gasteiger partial charge in [0, 0.05) is 38.2 Å². The fraction of sp³-hybridized carbons (Fsp3) is 0.579. The zero-order valence-corrected chi connectivity index (χ0v) is 15.8. The molecule has 0 unspecified atom stereocenters. The molecule has 1 saturated heterocycles. The molecule has 142 valence electrons. The maximum Gasteiger partial charge on any atom is 0.220 e. The number of furan rings is 1. The Balaban J connectivity index is 1.56. The Morgan fingerprint density at radius 2 is 2.08 bits per heavy atom. The van der Waals surface area contributed by atoms with Gasteiger partial charge in [-0.25, -0.2) is 0 Å². The fourth-order valence-electron chi connectivity index (χ4n) is 3.24. The van der Waals surface area contributed by atoms with Crippen LogP contribution in [0, 0.1) is 20.8 Å². The van der Waals surface area contributed by atoms with Crippen LogP contribution in [0.2, 0.25) is 0 Å². The van der Waals surface area contributed by atoms with Gasteiger partial charge in [-0.3, -0.25) is 14.8 Å². The predicted molar refractivity (Wildman–Crippen MR) is 98.0 cm³/mol. The lowest BCUT2D eigenvalue weighted by Gasteiger charge is -2.33. The van der Waals surface area contributed by atoms with Gasteiger partial charge in [0.25, 0.3) is 0 Å². The number of hydrogen-bond acceptors (Lipinski definition) is 5. The van der Waals surface area contributed by atoms with E-state index in [0.717, 1.165) is 41.6 Å². The summed E-state index contributed by atoms with van der Waals surface area (Å²) in [5, 5.41) is 10.3. The van der Waals surface area contributed by atoms with Crippen molar-refractivity contribution in [1.29, 1.82) is 0 Å². The number of aryl methyl sites for hydroxylation is 3. The smallest absolute Gasteiger partial charge is 0.220 e. The molecule has 3 rings (SSSR count). The van der Waals surface area contributed by atoms with Gasteiger partial charge in [-0.15, -0.1) is 0 Å². The maximum atomic E-state index is 12.3. The van der Waals surface area contributed by atoms with E-state index < -0.39 is 0 Å². The molecule has 26 heavy (non-hydrogen) atoms. The average Bonchev–Trinajstić information content (AvgIpc) is 3.21. The molecule has 1 amide bonds. The average molecular weight is 360 g/mol. The van der Waals surface area contributed by atoms with Crippen molar-refractivity contribution in [3.8, 4) is 0 Å². The predicted octanol–water partition coefficient (Wildman–Crippen LogP) is 2.05. The number of nitrogens with zero attached hydrogens (tertiary/aromatic N) is 2. The van der Waals surface area contributed by atoms with E-state index in [-0.39, 0.29) is 11.9 Å². The normalized spacial score (nSPS) is 16.6. The summed E-state index contributed by atoms with van der Waals surface area (Å²) in [4.78, 5) is 14.6. The summed E-state index contributed by atoms with van der Waals surface area (Å²) < 4.78 is 11.3. The van der Waals surface area contributed by atoms with Crippen LogP contribution in [-0.4, -0.2) is 53.9 Å². The van der Waals surface area contributed by atoms with E-state index in [9.17, 15) is 4.79 Å². The minimum atomic E-state index is 0.0333. The van der Waals surface area contributed by atoms with E-state index in [1.807, 2.05) is 32.9 Å². The van der Waals surface area contributed by atoms with Crippen LogP contribution in [-0.2, 0) is 16.0 Å². The molecule has 0 radical (unpaired) electrons. The molecule has 1 atom stereocenters. The van der Waals surface area contributed by atoms with Crippen molar-refractivity contribution >= 4 is 5.91 Å². The summed E-state index contributed by atoms with van der Waals surface area (Å²) >= 11 is 0. The van der Waals surface area contributed by atoms with Gasteiger partial charge >= 0.3 is 0 Å². The van der Waals surface area contributed by atoms with Crippen molar-refractivity contribution in [2.75, 3.05) is 32.8 Å². The molecule has 0 aliphatic carbocycles. The summed E-state index contributed by atoms with van der Waals surface area (Å²) in [6.45, 7) is 9.59. The molecule has 3 heterocycles. The molecule has 1 aliphatic rings. The molecule has 2 aromatic heterocycles. The van der Waals surface area contributed by atoms with Crippen LogP contribution in [0.15, 0.2) is 16.5 Å². The quantitative estimate of drug-likeness (QED) is 0.790. The number of ether oxygens (including phenoxy) is 1. The minimum Gasteiger partial charge on any atom is -0.465 e. The molecule has 7 heteroatoms. The fourth-order valence-corrected chi connectivity index (χ4v) is 3.24. The Kier molecular flexibility index (Phi) is 6.11. The summed E-state index contributed by atoms with van der Waals surface area (Å²) in [6.07, 6.45) is 1.07. The van der Waals surface area contributed by atoms with Crippen molar-refractivity contribution in [2.45, 2.75) is 39.7 Å². The van der Waals surface area contributed by atoms with Gasteiger partial charge in [0.05, 0.1) is 24.9 Å². The molecule has 0 saturated carbocycles. The van der Waals surface area contributed by atoms with E-state index in [1.165, 1.54) is 0 Å². The van der Waals surface area contributed by atoms with Crippen LogP contribution in [0.1, 0.15) is 40.9 Å². The van der Waals surface area contributed by atoms with Crippen LogP contribution >= 0.6 is 0 Å². The van der Waals surface area contributed by atoms with Crippen LogP contribution in [0.4, 0.5) is 0 Å². The number of nitrogens with one attached hydrogen (secondary N) is 2. The zero-order valence-electron chi connectivity index (χ0n) is 15.8. The van der Waals surface area contributed by atoms with E-state index >= 15 is 0 Å². The summed E-state index contributed by atoms with van der Waals surface area (Å²) in [7, 11) is 0. The monoisotopic (exact) mass is 360 g/mol. The number of carbonyl (C=O) groups excluding carboxylic acids is 1. The van der Waals surface area contributed by atoms with E-state index in [4.69, 9.17) is 9.15 Å². The number of amides is 1. The molecule has 1 aliphatic heterocycles. The first kappa shape index (κ1) is 18.7. The maximum absolute atomic E-state index is 12.3. The van der Waals surface area contributed by atoms with Crippen LogP contribution in [0.3, 0.4) is 0 Å². The second kappa shape index (κ2) is 8.51. The third-order valence-electron chi connectivity index (χ3n) is 5.01. The SMILES string of the molecule is Cc1ccc([C@H](CNC(=O)CCc2n[nH]c(C)c2C)N2CCOCC2)o1.